The molecule has 0 spiro atoms. The molecule has 0 aliphatic heterocycles. The van der Waals surface area contributed by atoms with Crippen LogP contribution in [0.3, 0.4) is 0 Å². The molecule has 0 fully saturated rings. The average molecular weight is 242 g/mol. The summed E-state index contributed by atoms with van der Waals surface area (Å²) >= 11 is 0. The summed E-state index contributed by atoms with van der Waals surface area (Å²) in [6, 6.07) is 0. The van der Waals surface area contributed by atoms with Gasteiger partial charge in [0.05, 0.1) is 6.61 Å². The number of carbonyl (C=O) groups is 2. The number of hydrogen-bond acceptors (Lipinski definition) is 4. The summed E-state index contributed by atoms with van der Waals surface area (Å²) in [7, 11) is 1.45. The summed E-state index contributed by atoms with van der Waals surface area (Å²) in [5.41, 5.74) is 0. The minimum atomic E-state index is -0.557. The van der Waals surface area contributed by atoms with Crippen LogP contribution < -0.4 is 0 Å². The van der Waals surface area contributed by atoms with Gasteiger partial charge in [0.25, 0.3) is 0 Å². The normalized spacial score (nSPS) is 13.8. The molecule has 4 heteroatoms. The van der Waals surface area contributed by atoms with Gasteiger partial charge in [-0.05, 0) is 33.1 Å². The van der Waals surface area contributed by atoms with Gasteiger partial charge in [-0.15, -0.1) is 6.58 Å². The van der Waals surface area contributed by atoms with Crippen molar-refractivity contribution in [2.45, 2.75) is 39.2 Å². The zero-order valence-electron chi connectivity index (χ0n) is 10.9. The lowest BCUT2D eigenvalue weighted by Gasteiger charge is -2.14. The quantitative estimate of drug-likeness (QED) is 0.459. The Hall–Kier alpha value is -1.16. The summed E-state index contributed by atoms with van der Waals surface area (Å²) < 4.78 is 9.84. The highest BCUT2D eigenvalue weighted by molar-refractivity contribution is 5.78. The summed E-state index contributed by atoms with van der Waals surface area (Å²) in [6.07, 6.45) is 3.35. The molecule has 0 bridgehead atoms. The van der Waals surface area contributed by atoms with Crippen LogP contribution in [0.2, 0.25) is 0 Å². The maximum atomic E-state index is 11.3. The Morgan fingerprint density at radius 1 is 1.35 bits per heavy atom. The zero-order valence-corrected chi connectivity index (χ0v) is 10.9. The molecule has 2 unspecified atom stereocenters. The molecule has 0 saturated heterocycles. The van der Waals surface area contributed by atoms with E-state index in [0.29, 0.717) is 6.42 Å². The van der Waals surface area contributed by atoms with Crippen LogP contribution in [0.25, 0.3) is 0 Å². The van der Waals surface area contributed by atoms with E-state index in [9.17, 15) is 9.59 Å². The molecule has 17 heavy (non-hydrogen) atoms. The van der Waals surface area contributed by atoms with Crippen LogP contribution in [0.4, 0.5) is 0 Å². The molecule has 0 aromatic heterocycles. The summed E-state index contributed by atoms with van der Waals surface area (Å²) in [4.78, 5) is 22.6. The van der Waals surface area contributed by atoms with E-state index in [2.05, 4.69) is 6.58 Å². The van der Waals surface area contributed by atoms with E-state index >= 15 is 0 Å². The Kier molecular flexibility index (Phi) is 8.32. The van der Waals surface area contributed by atoms with Crippen LogP contribution in [0, 0.1) is 5.92 Å². The molecule has 0 aliphatic carbocycles. The predicted molar refractivity (Wildman–Crippen MR) is 65.6 cm³/mol. The van der Waals surface area contributed by atoms with Crippen molar-refractivity contribution in [1.29, 1.82) is 0 Å². The number of allylic oxidation sites excluding steroid dienone is 1. The lowest BCUT2D eigenvalue weighted by atomic mass is 9.96. The molecule has 0 radical (unpaired) electrons. The highest BCUT2D eigenvalue weighted by Crippen LogP contribution is 2.13. The van der Waals surface area contributed by atoms with Gasteiger partial charge in [0.1, 0.15) is 5.78 Å². The van der Waals surface area contributed by atoms with Crippen LogP contribution in [0.1, 0.15) is 33.1 Å². The van der Waals surface area contributed by atoms with E-state index in [-0.39, 0.29) is 18.3 Å². The highest BCUT2D eigenvalue weighted by atomic mass is 16.6. The second kappa shape index (κ2) is 8.93. The summed E-state index contributed by atoms with van der Waals surface area (Å²) in [5.74, 6) is -0.320. The third kappa shape index (κ3) is 6.89. The number of rotatable bonds is 9. The molecule has 0 aromatic carbocycles. The van der Waals surface area contributed by atoms with E-state index < -0.39 is 12.1 Å². The van der Waals surface area contributed by atoms with Gasteiger partial charge < -0.3 is 9.47 Å². The van der Waals surface area contributed by atoms with Crippen LogP contribution in [-0.4, -0.2) is 31.6 Å². The van der Waals surface area contributed by atoms with Crippen molar-refractivity contribution in [2.24, 2.45) is 5.92 Å². The first-order chi connectivity index (χ1) is 8.02. The van der Waals surface area contributed by atoms with E-state index in [0.717, 1.165) is 12.8 Å². The maximum absolute atomic E-state index is 11.3. The van der Waals surface area contributed by atoms with Gasteiger partial charge in [0, 0.05) is 13.0 Å². The first kappa shape index (κ1) is 15.8. The summed E-state index contributed by atoms with van der Waals surface area (Å²) in [5, 5.41) is 0. The van der Waals surface area contributed by atoms with E-state index in [1.807, 2.05) is 0 Å². The van der Waals surface area contributed by atoms with Gasteiger partial charge >= 0.3 is 5.97 Å². The van der Waals surface area contributed by atoms with E-state index in [1.54, 1.807) is 19.9 Å². The van der Waals surface area contributed by atoms with Crippen LogP contribution in [0.5, 0.6) is 0 Å². The molecule has 0 rings (SSSR count). The topological polar surface area (TPSA) is 52.6 Å². The Bertz CT molecular complexity index is 260. The fraction of sp³-hybridized carbons (Fsp3) is 0.692. The van der Waals surface area contributed by atoms with Gasteiger partial charge in [-0.1, -0.05) is 6.08 Å². The number of ketones is 1. The van der Waals surface area contributed by atoms with Crippen molar-refractivity contribution < 1.29 is 19.1 Å². The summed E-state index contributed by atoms with van der Waals surface area (Å²) in [6.45, 7) is 7.07. The van der Waals surface area contributed by atoms with Gasteiger partial charge in [-0.3, -0.25) is 4.79 Å². The number of carbonyl (C=O) groups excluding carboxylic acids is 2. The average Bonchev–Trinajstić information content (AvgIpc) is 2.31. The molecule has 4 nitrogen and oxygen atoms in total. The number of Topliss-reactive ketones (excluding diaryl/α,β-unsaturated/α-hetero) is 1. The molecule has 0 aromatic rings. The van der Waals surface area contributed by atoms with Gasteiger partial charge in [-0.25, -0.2) is 4.79 Å². The van der Waals surface area contributed by atoms with Crippen LogP contribution in [-0.2, 0) is 19.1 Å². The Balaban J connectivity index is 3.93. The Morgan fingerprint density at radius 2 is 2.00 bits per heavy atom. The minimum Gasteiger partial charge on any atom is -0.464 e. The van der Waals surface area contributed by atoms with E-state index in [4.69, 9.17) is 9.47 Å². The van der Waals surface area contributed by atoms with Crippen molar-refractivity contribution >= 4 is 11.8 Å². The lowest BCUT2D eigenvalue weighted by Crippen LogP contribution is -2.23. The fourth-order valence-electron chi connectivity index (χ4n) is 1.39. The molecule has 2 atom stereocenters. The molecular weight excluding hydrogens is 220 g/mol. The molecule has 0 N–H and O–H groups in total. The van der Waals surface area contributed by atoms with Crippen LogP contribution >= 0.6 is 0 Å². The Labute approximate surface area is 103 Å². The van der Waals surface area contributed by atoms with Crippen molar-refractivity contribution in [3.8, 4) is 0 Å². The molecule has 0 amide bonds. The molecule has 0 aliphatic rings. The number of ether oxygens (including phenoxy) is 2. The monoisotopic (exact) mass is 242 g/mol. The molecule has 98 valence electrons. The smallest absolute Gasteiger partial charge is 0.334 e. The SMILES string of the molecule is C=CCCC(CCOC(=O)C(C)OC)C(C)=O. The molecule has 0 heterocycles. The Morgan fingerprint density at radius 3 is 2.47 bits per heavy atom. The zero-order chi connectivity index (χ0) is 13.3. The molecule has 0 saturated carbocycles. The van der Waals surface area contributed by atoms with Gasteiger partial charge in [-0.2, -0.15) is 0 Å². The maximum Gasteiger partial charge on any atom is 0.334 e. The second-order valence-electron chi connectivity index (χ2n) is 4.01. The number of hydrogen-bond donors (Lipinski definition) is 0. The highest BCUT2D eigenvalue weighted by Gasteiger charge is 2.16. The first-order valence-corrected chi connectivity index (χ1v) is 5.83. The third-order valence-corrected chi connectivity index (χ3v) is 2.69. The van der Waals surface area contributed by atoms with Crippen molar-refractivity contribution in [2.75, 3.05) is 13.7 Å². The molecular formula is C13H22O4. The first-order valence-electron chi connectivity index (χ1n) is 5.83. The van der Waals surface area contributed by atoms with E-state index in [1.165, 1.54) is 7.11 Å². The third-order valence-electron chi connectivity index (χ3n) is 2.69. The number of esters is 1. The lowest BCUT2D eigenvalue weighted by molar-refractivity contribution is -0.155. The largest absolute Gasteiger partial charge is 0.464 e. The van der Waals surface area contributed by atoms with Crippen molar-refractivity contribution in [1.82, 2.24) is 0 Å². The minimum absolute atomic E-state index is 0.0568. The van der Waals surface area contributed by atoms with Crippen molar-refractivity contribution in [3.63, 3.8) is 0 Å². The van der Waals surface area contributed by atoms with Crippen molar-refractivity contribution in [3.05, 3.63) is 12.7 Å². The van der Waals surface area contributed by atoms with Gasteiger partial charge in [0.15, 0.2) is 6.10 Å². The standard InChI is InChI=1S/C13H22O4/c1-5-6-7-12(10(2)14)8-9-17-13(15)11(3)16-4/h5,11-12H,1,6-9H2,2-4H3. The van der Waals surface area contributed by atoms with Crippen LogP contribution in [0.15, 0.2) is 12.7 Å². The number of methoxy groups -OCH3 is 1. The second-order valence-corrected chi connectivity index (χ2v) is 4.01. The predicted octanol–water partition coefficient (Wildman–Crippen LogP) is 2.13. The van der Waals surface area contributed by atoms with Gasteiger partial charge in [0.2, 0.25) is 0 Å². The fourth-order valence-corrected chi connectivity index (χ4v) is 1.39.